The maximum absolute atomic E-state index is 12.5. The molecule has 3 aromatic rings. The summed E-state index contributed by atoms with van der Waals surface area (Å²) in [4.78, 5) is 18.7. The van der Waals surface area contributed by atoms with Crippen molar-refractivity contribution in [3.63, 3.8) is 0 Å². The third kappa shape index (κ3) is 4.06. The number of rotatable bonds is 6. The maximum Gasteiger partial charge on any atom is 0.255 e. The van der Waals surface area contributed by atoms with Crippen molar-refractivity contribution in [2.75, 3.05) is 30.6 Å². The highest BCUT2D eigenvalue weighted by atomic mass is 16.7. The van der Waals surface area contributed by atoms with Crippen molar-refractivity contribution in [1.29, 1.82) is 0 Å². The van der Waals surface area contributed by atoms with Gasteiger partial charge in [0.1, 0.15) is 0 Å². The van der Waals surface area contributed by atoms with Crippen LogP contribution >= 0.6 is 0 Å². The number of ether oxygens (including phenoxy) is 2. The Morgan fingerprint density at radius 2 is 1.79 bits per heavy atom. The largest absolute Gasteiger partial charge is 0.454 e. The van der Waals surface area contributed by atoms with E-state index in [1.54, 1.807) is 18.2 Å². The van der Waals surface area contributed by atoms with Crippen LogP contribution in [0.2, 0.25) is 0 Å². The lowest BCUT2D eigenvalue weighted by atomic mass is 10.1. The molecule has 2 heterocycles. The molecule has 0 unspecified atom stereocenters. The Labute approximate surface area is 163 Å². The molecule has 1 N–H and O–H groups in total. The van der Waals surface area contributed by atoms with E-state index in [9.17, 15) is 4.79 Å². The second kappa shape index (κ2) is 8.00. The molecular formula is C22H21N3O3. The molecular weight excluding hydrogens is 354 g/mol. The zero-order chi connectivity index (χ0) is 19.3. The minimum atomic E-state index is -0.183. The van der Waals surface area contributed by atoms with Gasteiger partial charge in [0.15, 0.2) is 11.5 Å². The number of fused-ring (bicyclic) bond motifs is 1. The van der Waals surface area contributed by atoms with Crippen LogP contribution in [0.25, 0.3) is 0 Å². The number of anilines is 2. The van der Waals surface area contributed by atoms with Crippen molar-refractivity contribution in [2.45, 2.75) is 6.42 Å². The predicted octanol–water partition coefficient (Wildman–Crippen LogP) is 3.74. The first-order chi connectivity index (χ1) is 13.7. The van der Waals surface area contributed by atoms with Crippen molar-refractivity contribution in [1.82, 2.24) is 4.98 Å². The Morgan fingerprint density at radius 1 is 1.04 bits per heavy atom. The van der Waals surface area contributed by atoms with Crippen molar-refractivity contribution in [3.05, 3.63) is 78.1 Å². The lowest BCUT2D eigenvalue weighted by Crippen LogP contribution is -2.20. The highest BCUT2D eigenvalue weighted by Crippen LogP contribution is 2.32. The van der Waals surface area contributed by atoms with Gasteiger partial charge in [0, 0.05) is 42.9 Å². The molecule has 142 valence electrons. The number of carbonyl (C=O) groups is 1. The number of hydrogen-bond acceptors (Lipinski definition) is 5. The molecule has 0 saturated heterocycles. The van der Waals surface area contributed by atoms with Crippen molar-refractivity contribution in [2.24, 2.45) is 0 Å². The Bertz CT molecular complexity index is 959. The number of amides is 1. The minimum Gasteiger partial charge on any atom is -0.454 e. The van der Waals surface area contributed by atoms with E-state index >= 15 is 0 Å². The molecule has 0 spiro atoms. The Kier molecular flexibility index (Phi) is 5.10. The third-order valence-electron chi connectivity index (χ3n) is 4.69. The number of nitrogens with zero attached hydrogens (tertiary/aromatic N) is 2. The second-order valence-electron chi connectivity index (χ2n) is 6.60. The van der Waals surface area contributed by atoms with Crippen LogP contribution < -0.4 is 19.7 Å². The zero-order valence-electron chi connectivity index (χ0n) is 15.6. The first-order valence-electron chi connectivity index (χ1n) is 9.10. The van der Waals surface area contributed by atoms with E-state index in [4.69, 9.17) is 9.47 Å². The molecule has 0 bridgehead atoms. The molecule has 4 rings (SSSR count). The summed E-state index contributed by atoms with van der Waals surface area (Å²) in [7, 11) is 2.06. The van der Waals surface area contributed by atoms with E-state index in [2.05, 4.69) is 22.2 Å². The average molecular weight is 375 g/mol. The SMILES string of the molecule is CN(CCc1ccncc1)c1ccc(NC(=O)c2ccc3c(c2)OCO3)cc1. The molecule has 0 aliphatic carbocycles. The van der Waals surface area contributed by atoms with Crippen molar-refractivity contribution < 1.29 is 14.3 Å². The normalized spacial score (nSPS) is 11.9. The fraction of sp³-hybridized carbons (Fsp3) is 0.182. The van der Waals surface area contributed by atoms with Gasteiger partial charge < -0.3 is 19.7 Å². The van der Waals surface area contributed by atoms with Gasteiger partial charge in [-0.2, -0.15) is 0 Å². The Morgan fingerprint density at radius 3 is 2.57 bits per heavy atom. The van der Waals surface area contributed by atoms with Gasteiger partial charge in [0.25, 0.3) is 5.91 Å². The highest BCUT2D eigenvalue weighted by Gasteiger charge is 2.16. The second-order valence-corrected chi connectivity index (χ2v) is 6.60. The number of carbonyl (C=O) groups excluding carboxylic acids is 1. The summed E-state index contributed by atoms with van der Waals surface area (Å²) in [6.07, 6.45) is 4.57. The summed E-state index contributed by atoms with van der Waals surface area (Å²) in [5.41, 5.74) is 3.63. The van der Waals surface area contributed by atoms with Gasteiger partial charge in [-0.15, -0.1) is 0 Å². The maximum atomic E-state index is 12.5. The van der Waals surface area contributed by atoms with Crippen LogP contribution in [0, 0.1) is 0 Å². The van der Waals surface area contributed by atoms with Crippen LogP contribution in [0.3, 0.4) is 0 Å². The Balaban J connectivity index is 1.35. The molecule has 0 atom stereocenters. The smallest absolute Gasteiger partial charge is 0.255 e. The number of nitrogens with one attached hydrogen (secondary N) is 1. The molecule has 6 nitrogen and oxygen atoms in total. The van der Waals surface area contributed by atoms with Crippen LogP contribution in [0.15, 0.2) is 67.0 Å². The number of hydrogen-bond donors (Lipinski definition) is 1. The fourth-order valence-corrected chi connectivity index (χ4v) is 3.02. The minimum absolute atomic E-state index is 0.183. The number of likely N-dealkylation sites (N-methyl/N-ethyl adjacent to an activating group) is 1. The molecule has 0 saturated carbocycles. The third-order valence-corrected chi connectivity index (χ3v) is 4.69. The summed E-state index contributed by atoms with van der Waals surface area (Å²) in [5, 5.41) is 2.91. The molecule has 1 aliphatic rings. The van der Waals surface area contributed by atoms with Crippen LogP contribution in [0.4, 0.5) is 11.4 Å². The van der Waals surface area contributed by atoms with E-state index < -0.39 is 0 Å². The topological polar surface area (TPSA) is 63.7 Å². The summed E-state index contributed by atoms with van der Waals surface area (Å²) < 4.78 is 10.6. The van der Waals surface area contributed by atoms with Crippen LogP contribution in [-0.4, -0.2) is 31.3 Å². The van der Waals surface area contributed by atoms with Crippen LogP contribution in [0.1, 0.15) is 15.9 Å². The van der Waals surface area contributed by atoms with Gasteiger partial charge >= 0.3 is 0 Å². The molecule has 1 amide bonds. The van der Waals surface area contributed by atoms with E-state index in [-0.39, 0.29) is 12.7 Å². The Hall–Kier alpha value is -3.54. The lowest BCUT2D eigenvalue weighted by molar-refractivity contribution is 0.102. The van der Waals surface area contributed by atoms with Gasteiger partial charge in [0.05, 0.1) is 0 Å². The first kappa shape index (κ1) is 17.9. The molecule has 1 aromatic heterocycles. The number of pyridine rings is 1. The van der Waals surface area contributed by atoms with Gasteiger partial charge in [-0.1, -0.05) is 0 Å². The van der Waals surface area contributed by atoms with E-state index in [0.29, 0.717) is 17.1 Å². The number of aromatic nitrogens is 1. The fourth-order valence-electron chi connectivity index (χ4n) is 3.02. The van der Waals surface area contributed by atoms with Crippen molar-refractivity contribution >= 4 is 17.3 Å². The van der Waals surface area contributed by atoms with Gasteiger partial charge in [0.2, 0.25) is 6.79 Å². The molecule has 2 aromatic carbocycles. The summed E-state index contributed by atoms with van der Waals surface area (Å²) >= 11 is 0. The number of benzene rings is 2. The van der Waals surface area contributed by atoms with Crippen LogP contribution in [0.5, 0.6) is 11.5 Å². The van der Waals surface area contributed by atoms with E-state index in [0.717, 1.165) is 24.3 Å². The quantitative estimate of drug-likeness (QED) is 0.711. The summed E-state index contributed by atoms with van der Waals surface area (Å²) in [6.45, 7) is 1.09. The molecule has 28 heavy (non-hydrogen) atoms. The molecule has 6 heteroatoms. The summed E-state index contributed by atoms with van der Waals surface area (Å²) in [5.74, 6) is 1.08. The molecule has 0 fully saturated rings. The zero-order valence-corrected chi connectivity index (χ0v) is 15.6. The van der Waals surface area contributed by atoms with E-state index in [1.807, 2.05) is 48.8 Å². The lowest BCUT2D eigenvalue weighted by Gasteiger charge is -2.19. The average Bonchev–Trinajstić information content (AvgIpc) is 3.21. The van der Waals surface area contributed by atoms with Gasteiger partial charge in [-0.25, -0.2) is 0 Å². The van der Waals surface area contributed by atoms with Gasteiger partial charge in [-0.05, 0) is 66.6 Å². The van der Waals surface area contributed by atoms with Crippen molar-refractivity contribution in [3.8, 4) is 11.5 Å². The van der Waals surface area contributed by atoms with Crippen LogP contribution in [-0.2, 0) is 6.42 Å². The molecule has 0 radical (unpaired) electrons. The van der Waals surface area contributed by atoms with E-state index in [1.165, 1.54) is 5.56 Å². The first-order valence-corrected chi connectivity index (χ1v) is 9.10. The highest BCUT2D eigenvalue weighted by molar-refractivity contribution is 6.04. The van der Waals surface area contributed by atoms with Gasteiger partial charge in [-0.3, -0.25) is 9.78 Å². The predicted molar refractivity (Wildman–Crippen MR) is 108 cm³/mol. The monoisotopic (exact) mass is 375 g/mol. The standard InChI is InChI=1S/C22H21N3O3/c1-25(13-10-16-8-11-23-12-9-16)19-5-3-18(4-6-19)24-22(26)17-2-7-20-21(14-17)28-15-27-20/h2-9,11-12,14H,10,13,15H2,1H3,(H,24,26). The summed E-state index contributed by atoms with van der Waals surface area (Å²) in [6, 6.07) is 17.0. The molecule has 1 aliphatic heterocycles.